The average Bonchev–Trinajstić information content (AvgIpc) is 2.63. The molecule has 2 aromatic carbocycles. The molecule has 0 aliphatic rings. The lowest BCUT2D eigenvalue weighted by atomic mass is 10.3. The van der Waals surface area contributed by atoms with E-state index in [0.717, 1.165) is 15.3 Å². The zero-order valence-corrected chi connectivity index (χ0v) is 14.2. The SMILES string of the molecule is Cn1c(=O)c(C(=O)Nc2ccc(F)c(Cl)c2)nn(-c2ccccc2)c1=O. The van der Waals surface area contributed by atoms with Crippen molar-refractivity contribution in [3.05, 3.63) is 85.9 Å². The van der Waals surface area contributed by atoms with Crippen molar-refractivity contribution in [2.75, 3.05) is 5.32 Å². The molecule has 0 saturated heterocycles. The van der Waals surface area contributed by atoms with Crippen LogP contribution in [0.2, 0.25) is 5.02 Å². The lowest BCUT2D eigenvalue weighted by Gasteiger charge is -2.10. The van der Waals surface area contributed by atoms with Gasteiger partial charge in [0, 0.05) is 12.7 Å². The molecule has 3 rings (SSSR count). The van der Waals surface area contributed by atoms with Gasteiger partial charge < -0.3 is 5.32 Å². The number of hydrogen-bond acceptors (Lipinski definition) is 4. The maximum absolute atomic E-state index is 13.2. The first-order chi connectivity index (χ1) is 12.4. The lowest BCUT2D eigenvalue weighted by molar-refractivity contribution is 0.101. The Hall–Kier alpha value is -3.26. The molecule has 0 aliphatic carbocycles. The fourth-order valence-electron chi connectivity index (χ4n) is 2.22. The molecule has 0 bridgehead atoms. The van der Waals surface area contributed by atoms with Gasteiger partial charge >= 0.3 is 5.69 Å². The average molecular weight is 375 g/mol. The Kier molecular flexibility index (Phi) is 4.68. The van der Waals surface area contributed by atoms with Crippen molar-refractivity contribution in [1.29, 1.82) is 0 Å². The third-order valence-corrected chi connectivity index (χ3v) is 3.86. The maximum atomic E-state index is 13.2. The van der Waals surface area contributed by atoms with Crippen LogP contribution < -0.4 is 16.6 Å². The van der Waals surface area contributed by atoms with Crippen LogP contribution in [0.5, 0.6) is 0 Å². The highest BCUT2D eigenvalue weighted by atomic mass is 35.5. The van der Waals surface area contributed by atoms with Crippen LogP contribution in [0, 0.1) is 5.82 Å². The minimum Gasteiger partial charge on any atom is -0.320 e. The van der Waals surface area contributed by atoms with Gasteiger partial charge in [-0.05, 0) is 30.3 Å². The molecule has 3 aromatic rings. The molecule has 0 aliphatic heterocycles. The van der Waals surface area contributed by atoms with E-state index in [1.807, 2.05) is 0 Å². The van der Waals surface area contributed by atoms with Crippen molar-refractivity contribution in [2.24, 2.45) is 7.05 Å². The highest BCUT2D eigenvalue weighted by Gasteiger charge is 2.19. The van der Waals surface area contributed by atoms with Crippen LogP contribution in [0.1, 0.15) is 10.5 Å². The van der Waals surface area contributed by atoms with Gasteiger partial charge in [0.2, 0.25) is 5.69 Å². The van der Waals surface area contributed by atoms with Crippen LogP contribution in [-0.4, -0.2) is 20.3 Å². The van der Waals surface area contributed by atoms with E-state index in [9.17, 15) is 18.8 Å². The minimum absolute atomic E-state index is 0.182. The molecular weight excluding hydrogens is 363 g/mol. The summed E-state index contributed by atoms with van der Waals surface area (Å²) in [6.45, 7) is 0. The van der Waals surface area contributed by atoms with Gasteiger partial charge in [0.05, 0.1) is 10.7 Å². The van der Waals surface area contributed by atoms with Gasteiger partial charge in [-0.15, -0.1) is 0 Å². The number of para-hydroxylation sites is 1. The molecule has 26 heavy (non-hydrogen) atoms. The predicted octanol–water partition coefficient (Wildman–Crippen LogP) is 1.98. The number of carbonyl (C=O) groups excluding carboxylic acids is 1. The minimum atomic E-state index is -0.854. The van der Waals surface area contributed by atoms with Gasteiger partial charge in [-0.1, -0.05) is 29.8 Å². The van der Waals surface area contributed by atoms with E-state index >= 15 is 0 Å². The highest BCUT2D eigenvalue weighted by Crippen LogP contribution is 2.19. The number of nitrogens with zero attached hydrogens (tertiary/aromatic N) is 3. The molecule has 0 fully saturated rings. The topological polar surface area (TPSA) is 86.0 Å². The molecule has 1 heterocycles. The number of hydrogen-bond donors (Lipinski definition) is 1. The van der Waals surface area contributed by atoms with Crippen molar-refractivity contribution >= 4 is 23.2 Å². The van der Waals surface area contributed by atoms with E-state index in [2.05, 4.69) is 10.4 Å². The normalized spacial score (nSPS) is 10.6. The molecule has 1 N–H and O–H groups in total. The summed E-state index contributed by atoms with van der Waals surface area (Å²) in [6.07, 6.45) is 0. The summed E-state index contributed by atoms with van der Waals surface area (Å²) in [5.74, 6) is -1.49. The monoisotopic (exact) mass is 374 g/mol. The number of carbonyl (C=O) groups is 1. The Balaban J connectivity index is 2.05. The number of aromatic nitrogens is 3. The number of anilines is 1. The van der Waals surface area contributed by atoms with Crippen molar-refractivity contribution in [3.63, 3.8) is 0 Å². The second kappa shape index (κ2) is 6.93. The summed E-state index contributed by atoms with van der Waals surface area (Å²) in [5.41, 5.74) is -1.46. The Morgan fingerprint density at radius 2 is 1.85 bits per heavy atom. The zero-order chi connectivity index (χ0) is 18.8. The molecule has 9 heteroatoms. The summed E-state index contributed by atoms with van der Waals surface area (Å²) < 4.78 is 14.9. The number of benzene rings is 2. The highest BCUT2D eigenvalue weighted by molar-refractivity contribution is 6.31. The van der Waals surface area contributed by atoms with E-state index in [0.29, 0.717) is 5.69 Å². The molecule has 7 nitrogen and oxygen atoms in total. The van der Waals surface area contributed by atoms with Crippen LogP contribution >= 0.6 is 11.6 Å². The summed E-state index contributed by atoms with van der Waals surface area (Å²) in [5, 5.41) is 6.12. The van der Waals surface area contributed by atoms with Crippen molar-refractivity contribution < 1.29 is 9.18 Å². The Morgan fingerprint density at radius 1 is 1.15 bits per heavy atom. The van der Waals surface area contributed by atoms with Gasteiger partial charge in [-0.3, -0.25) is 14.2 Å². The number of nitrogens with one attached hydrogen (secondary N) is 1. The molecule has 0 atom stereocenters. The fraction of sp³-hybridized carbons (Fsp3) is 0.0588. The molecule has 0 radical (unpaired) electrons. The van der Waals surface area contributed by atoms with Crippen LogP contribution in [0.15, 0.2) is 58.1 Å². The third-order valence-electron chi connectivity index (χ3n) is 3.57. The van der Waals surface area contributed by atoms with Crippen molar-refractivity contribution in [1.82, 2.24) is 14.3 Å². The first-order valence-corrected chi connectivity index (χ1v) is 7.78. The second-order valence-electron chi connectivity index (χ2n) is 5.33. The second-order valence-corrected chi connectivity index (χ2v) is 5.73. The third kappa shape index (κ3) is 3.27. The summed E-state index contributed by atoms with van der Waals surface area (Å²) in [6, 6.07) is 11.9. The predicted molar refractivity (Wildman–Crippen MR) is 94.4 cm³/mol. The summed E-state index contributed by atoms with van der Waals surface area (Å²) in [7, 11) is 1.25. The smallest absolute Gasteiger partial charge is 0.320 e. The molecule has 1 amide bonds. The number of halogens is 2. The van der Waals surface area contributed by atoms with Gasteiger partial charge in [0.1, 0.15) is 5.82 Å². The first-order valence-electron chi connectivity index (χ1n) is 7.40. The lowest BCUT2D eigenvalue weighted by Crippen LogP contribution is -2.43. The van der Waals surface area contributed by atoms with Crippen LogP contribution in [-0.2, 0) is 7.05 Å². The van der Waals surface area contributed by atoms with E-state index < -0.39 is 28.7 Å². The summed E-state index contributed by atoms with van der Waals surface area (Å²) >= 11 is 5.67. The molecular formula is C17H12ClFN4O3. The quantitative estimate of drug-likeness (QED) is 0.759. The van der Waals surface area contributed by atoms with E-state index in [4.69, 9.17) is 11.6 Å². The van der Waals surface area contributed by atoms with E-state index in [-0.39, 0.29) is 10.7 Å². The molecule has 0 saturated carbocycles. The van der Waals surface area contributed by atoms with Crippen LogP contribution in [0.4, 0.5) is 10.1 Å². The Morgan fingerprint density at radius 3 is 2.50 bits per heavy atom. The van der Waals surface area contributed by atoms with Crippen molar-refractivity contribution in [2.45, 2.75) is 0 Å². The van der Waals surface area contributed by atoms with E-state index in [1.54, 1.807) is 30.3 Å². The van der Waals surface area contributed by atoms with Crippen LogP contribution in [0.25, 0.3) is 5.69 Å². The molecule has 132 valence electrons. The standard InChI is InChI=1S/C17H12ClFN4O3/c1-22-16(25)14(15(24)20-10-7-8-13(19)12(18)9-10)21-23(17(22)26)11-5-3-2-4-6-11/h2-9H,1H3,(H,20,24). The molecule has 0 unspecified atom stereocenters. The number of rotatable bonds is 3. The zero-order valence-electron chi connectivity index (χ0n) is 13.4. The largest absolute Gasteiger partial charge is 0.351 e. The Labute approximate surface area is 151 Å². The maximum Gasteiger partial charge on any atom is 0.351 e. The van der Waals surface area contributed by atoms with Gasteiger partial charge in [-0.25, -0.2) is 9.18 Å². The van der Waals surface area contributed by atoms with Gasteiger partial charge in [0.25, 0.3) is 11.5 Å². The Bertz CT molecular complexity index is 1110. The van der Waals surface area contributed by atoms with Crippen molar-refractivity contribution in [3.8, 4) is 5.69 Å². The number of amides is 1. The molecule has 0 spiro atoms. The van der Waals surface area contributed by atoms with Gasteiger partial charge in [0.15, 0.2) is 0 Å². The fourth-order valence-corrected chi connectivity index (χ4v) is 2.40. The van der Waals surface area contributed by atoms with Gasteiger partial charge in [-0.2, -0.15) is 9.78 Å². The van der Waals surface area contributed by atoms with Crippen LogP contribution in [0.3, 0.4) is 0 Å². The molecule has 1 aromatic heterocycles. The van der Waals surface area contributed by atoms with E-state index in [1.165, 1.54) is 19.2 Å². The first kappa shape index (κ1) is 17.6. The summed E-state index contributed by atoms with van der Waals surface area (Å²) in [4.78, 5) is 37.0.